The van der Waals surface area contributed by atoms with Crippen LogP contribution in [-0.4, -0.2) is 13.1 Å². The van der Waals surface area contributed by atoms with E-state index in [9.17, 15) is 0 Å². The van der Waals surface area contributed by atoms with Gasteiger partial charge in [0.25, 0.3) is 0 Å². The summed E-state index contributed by atoms with van der Waals surface area (Å²) in [6.45, 7) is 13.9. The second kappa shape index (κ2) is 7.30. The lowest BCUT2D eigenvalue weighted by molar-refractivity contribution is 0.190. The number of nitrogens with one attached hydrogen (secondary N) is 1. The first-order valence-electron chi connectivity index (χ1n) is 7.17. The third-order valence-corrected chi connectivity index (χ3v) is 4.93. The smallest absolute Gasteiger partial charge is 0.00454 e. The first-order valence-corrected chi connectivity index (χ1v) is 8.05. The minimum absolute atomic E-state index is 0.402. The molecule has 0 saturated carbocycles. The van der Waals surface area contributed by atoms with Crippen LogP contribution < -0.4 is 5.32 Å². The van der Waals surface area contributed by atoms with E-state index in [0.717, 1.165) is 24.9 Å². The van der Waals surface area contributed by atoms with Gasteiger partial charge in [-0.2, -0.15) is 0 Å². The monoisotopic (exact) mass is 267 g/mol. The molecule has 0 aliphatic heterocycles. The van der Waals surface area contributed by atoms with Crippen molar-refractivity contribution in [3.8, 4) is 0 Å². The van der Waals surface area contributed by atoms with Crippen LogP contribution in [0.15, 0.2) is 17.5 Å². The molecule has 1 heterocycles. The van der Waals surface area contributed by atoms with Gasteiger partial charge in [-0.3, -0.25) is 0 Å². The first-order chi connectivity index (χ1) is 8.44. The maximum atomic E-state index is 3.64. The second-order valence-electron chi connectivity index (χ2n) is 6.41. The van der Waals surface area contributed by atoms with E-state index in [1.807, 2.05) is 11.3 Å². The van der Waals surface area contributed by atoms with Crippen molar-refractivity contribution in [1.82, 2.24) is 5.32 Å². The predicted octanol–water partition coefficient (Wildman–Crippen LogP) is 4.59. The quantitative estimate of drug-likeness (QED) is 0.726. The molecule has 1 rings (SSSR count). The molecule has 0 spiro atoms. The molecule has 2 heteroatoms. The zero-order valence-corrected chi connectivity index (χ0v) is 13.4. The fraction of sp³-hybridized carbons (Fsp3) is 0.750. The Morgan fingerprint density at radius 3 is 2.50 bits per heavy atom. The summed E-state index contributed by atoms with van der Waals surface area (Å²) in [7, 11) is 0. The fourth-order valence-electron chi connectivity index (χ4n) is 2.09. The highest BCUT2D eigenvalue weighted by atomic mass is 32.1. The Labute approximate surface area is 117 Å². The first kappa shape index (κ1) is 15.7. The van der Waals surface area contributed by atoms with Gasteiger partial charge in [-0.15, -0.1) is 11.3 Å². The SMILES string of the molecule is CC(C)CNCC(C)(CCc1cccs1)C(C)C. The molecule has 0 saturated heterocycles. The topological polar surface area (TPSA) is 12.0 Å². The van der Waals surface area contributed by atoms with Crippen LogP contribution in [0.25, 0.3) is 0 Å². The Morgan fingerprint density at radius 2 is 2.00 bits per heavy atom. The summed E-state index contributed by atoms with van der Waals surface area (Å²) in [5.41, 5.74) is 0.402. The lowest BCUT2D eigenvalue weighted by atomic mass is 9.75. The molecule has 1 nitrogen and oxygen atoms in total. The van der Waals surface area contributed by atoms with Gasteiger partial charge in [-0.1, -0.05) is 40.7 Å². The molecule has 0 bridgehead atoms. The van der Waals surface area contributed by atoms with Crippen LogP contribution in [0.3, 0.4) is 0 Å². The molecule has 1 atom stereocenters. The molecule has 1 N–H and O–H groups in total. The molecule has 0 aliphatic rings. The number of hydrogen-bond acceptors (Lipinski definition) is 2. The summed E-state index contributed by atoms with van der Waals surface area (Å²) in [4.78, 5) is 1.52. The fourth-order valence-corrected chi connectivity index (χ4v) is 2.80. The summed E-state index contributed by atoms with van der Waals surface area (Å²) >= 11 is 1.88. The molecule has 1 aromatic heterocycles. The molecule has 0 fully saturated rings. The Bertz CT molecular complexity index is 316. The van der Waals surface area contributed by atoms with E-state index < -0.39 is 0 Å². The Morgan fingerprint density at radius 1 is 1.28 bits per heavy atom. The lowest BCUT2D eigenvalue weighted by Gasteiger charge is -2.34. The molecule has 104 valence electrons. The van der Waals surface area contributed by atoms with E-state index in [-0.39, 0.29) is 0 Å². The van der Waals surface area contributed by atoms with Gasteiger partial charge in [-0.05, 0) is 48.1 Å². The largest absolute Gasteiger partial charge is 0.316 e. The third kappa shape index (κ3) is 5.11. The van der Waals surface area contributed by atoms with Crippen LogP contribution in [0.5, 0.6) is 0 Å². The van der Waals surface area contributed by atoms with Gasteiger partial charge in [0.1, 0.15) is 0 Å². The van der Waals surface area contributed by atoms with Gasteiger partial charge in [-0.25, -0.2) is 0 Å². The highest BCUT2D eigenvalue weighted by molar-refractivity contribution is 7.09. The van der Waals surface area contributed by atoms with Crippen LogP contribution in [0, 0.1) is 17.3 Å². The van der Waals surface area contributed by atoms with Crippen molar-refractivity contribution in [3.05, 3.63) is 22.4 Å². The Kier molecular flexibility index (Phi) is 6.37. The molecule has 0 amide bonds. The average molecular weight is 267 g/mol. The second-order valence-corrected chi connectivity index (χ2v) is 7.45. The van der Waals surface area contributed by atoms with Crippen molar-refractivity contribution >= 4 is 11.3 Å². The minimum Gasteiger partial charge on any atom is -0.316 e. The van der Waals surface area contributed by atoms with E-state index in [1.165, 1.54) is 17.7 Å². The van der Waals surface area contributed by atoms with E-state index in [4.69, 9.17) is 0 Å². The van der Waals surface area contributed by atoms with E-state index in [2.05, 4.69) is 57.4 Å². The van der Waals surface area contributed by atoms with E-state index in [1.54, 1.807) is 0 Å². The van der Waals surface area contributed by atoms with Crippen LogP contribution in [0.2, 0.25) is 0 Å². The van der Waals surface area contributed by atoms with Gasteiger partial charge >= 0.3 is 0 Å². The molecule has 1 unspecified atom stereocenters. The van der Waals surface area contributed by atoms with Gasteiger partial charge in [0.15, 0.2) is 0 Å². The molecule has 0 radical (unpaired) electrons. The number of thiophene rings is 1. The van der Waals surface area contributed by atoms with Crippen molar-refractivity contribution in [2.45, 2.75) is 47.5 Å². The number of hydrogen-bond donors (Lipinski definition) is 1. The summed E-state index contributed by atoms with van der Waals surface area (Å²) in [6.07, 6.45) is 2.49. The van der Waals surface area contributed by atoms with Crippen LogP contribution in [-0.2, 0) is 6.42 Å². The van der Waals surface area contributed by atoms with Crippen LogP contribution in [0.4, 0.5) is 0 Å². The van der Waals surface area contributed by atoms with Gasteiger partial charge < -0.3 is 5.32 Å². The van der Waals surface area contributed by atoms with Crippen molar-refractivity contribution in [2.75, 3.05) is 13.1 Å². The van der Waals surface area contributed by atoms with Crippen LogP contribution >= 0.6 is 11.3 Å². The molecular weight excluding hydrogens is 238 g/mol. The van der Waals surface area contributed by atoms with E-state index >= 15 is 0 Å². The van der Waals surface area contributed by atoms with Gasteiger partial charge in [0.05, 0.1) is 0 Å². The summed E-state index contributed by atoms with van der Waals surface area (Å²) in [5.74, 6) is 1.45. The third-order valence-electron chi connectivity index (χ3n) is 4.00. The molecule has 0 aromatic carbocycles. The Hall–Kier alpha value is -0.340. The maximum Gasteiger partial charge on any atom is 0.00454 e. The maximum absolute atomic E-state index is 3.64. The lowest BCUT2D eigenvalue weighted by Crippen LogP contribution is -2.37. The standard InChI is InChI=1S/C16H29NS/c1-13(2)11-17-12-16(5,14(3)4)9-8-15-7-6-10-18-15/h6-7,10,13-14,17H,8-9,11-12H2,1-5H3. The van der Waals surface area contributed by atoms with Crippen molar-refractivity contribution in [1.29, 1.82) is 0 Å². The van der Waals surface area contributed by atoms with Gasteiger partial charge in [0.2, 0.25) is 0 Å². The predicted molar refractivity (Wildman–Crippen MR) is 83.3 cm³/mol. The molecule has 1 aromatic rings. The van der Waals surface area contributed by atoms with Crippen molar-refractivity contribution < 1.29 is 0 Å². The highest BCUT2D eigenvalue weighted by Gasteiger charge is 2.27. The van der Waals surface area contributed by atoms with Crippen LogP contribution in [0.1, 0.15) is 45.9 Å². The average Bonchev–Trinajstić information content (AvgIpc) is 2.78. The van der Waals surface area contributed by atoms with Gasteiger partial charge in [0, 0.05) is 11.4 Å². The number of aryl methyl sites for hydroxylation is 1. The molecule has 18 heavy (non-hydrogen) atoms. The van der Waals surface area contributed by atoms with Crippen molar-refractivity contribution in [3.63, 3.8) is 0 Å². The van der Waals surface area contributed by atoms with E-state index in [0.29, 0.717) is 5.41 Å². The van der Waals surface area contributed by atoms with Crippen molar-refractivity contribution in [2.24, 2.45) is 17.3 Å². The summed E-state index contributed by atoms with van der Waals surface area (Å²) in [6, 6.07) is 4.41. The minimum atomic E-state index is 0.402. The number of rotatable bonds is 8. The zero-order chi connectivity index (χ0) is 13.6. The summed E-state index contributed by atoms with van der Waals surface area (Å²) in [5, 5.41) is 5.82. The summed E-state index contributed by atoms with van der Waals surface area (Å²) < 4.78 is 0. The molecule has 0 aliphatic carbocycles. The highest BCUT2D eigenvalue weighted by Crippen LogP contribution is 2.32. The normalized spacial score (nSPS) is 15.3. The molecular formula is C16H29NS. The Balaban J connectivity index is 2.46. The zero-order valence-electron chi connectivity index (χ0n) is 12.6.